The van der Waals surface area contributed by atoms with Gasteiger partial charge in [-0.2, -0.15) is 5.26 Å². The third-order valence-electron chi connectivity index (χ3n) is 6.09. The van der Waals surface area contributed by atoms with E-state index in [-0.39, 0.29) is 0 Å². The summed E-state index contributed by atoms with van der Waals surface area (Å²) >= 11 is 6.12. The summed E-state index contributed by atoms with van der Waals surface area (Å²) in [6.45, 7) is 0. The summed E-state index contributed by atoms with van der Waals surface area (Å²) in [7, 11) is 0. The zero-order chi connectivity index (χ0) is 23.3. The number of fused-ring (bicyclic) bond motifs is 2. The maximum absolute atomic E-state index is 8.83. The first-order valence-corrected chi connectivity index (χ1v) is 11.9. The van der Waals surface area contributed by atoms with Crippen LogP contribution in [0.1, 0.15) is 40.8 Å². The fraction of sp³-hybridized carbons (Fsp3) is 0.133. The van der Waals surface area contributed by atoms with E-state index in [4.69, 9.17) is 21.8 Å². The maximum atomic E-state index is 8.83. The van der Waals surface area contributed by atoms with Gasteiger partial charge in [0.15, 0.2) is 0 Å². The van der Waals surface area contributed by atoms with Crippen molar-refractivity contribution in [2.24, 2.45) is 0 Å². The molecule has 0 bridgehead atoms. The average molecular weight is 462 g/mol. The van der Waals surface area contributed by atoms with Gasteiger partial charge in [-0.25, -0.2) is 4.98 Å². The molecule has 0 radical (unpaired) electrons. The molecule has 3 aromatic carbocycles. The Morgan fingerprint density at radius 1 is 0.941 bits per heavy atom. The van der Waals surface area contributed by atoms with Gasteiger partial charge < -0.3 is 4.98 Å². The third kappa shape index (κ3) is 4.88. The number of rotatable bonds is 7. The molecule has 0 fully saturated rings. The second kappa shape index (κ2) is 9.95. The molecule has 166 valence electrons. The number of benzene rings is 3. The van der Waals surface area contributed by atoms with Crippen LogP contribution in [-0.2, 0) is 12.8 Å². The Morgan fingerprint density at radius 2 is 1.82 bits per heavy atom. The number of aromatic nitrogens is 2. The summed E-state index contributed by atoms with van der Waals surface area (Å²) in [5, 5.41) is 11.9. The first-order valence-electron chi connectivity index (χ1n) is 11.5. The summed E-state index contributed by atoms with van der Waals surface area (Å²) in [6, 6.07) is 27.2. The summed E-state index contributed by atoms with van der Waals surface area (Å²) in [5.41, 5.74) is 7.95. The summed E-state index contributed by atoms with van der Waals surface area (Å²) < 4.78 is 0. The van der Waals surface area contributed by atoms with E-state index >= 15 is 0 Å². The number of aryl methyl sites for hydroxylation is 1. The first-order chi connectivity index (χ1) is 16.7. The lowest BCUT2D eigenvalue weighted by Crippen LogP contribution is -1.89. The molecule has 2 heterocycles. The Morgan fingerprint density at radius 3 is 2.74 bits per heavy atom. The number of pyridine rings is 1. The van der Waals surface area contributed by atoms with Gasteiger partial charge in [-0.1, -0.05) is 72.3 Å². The second-order valence-electron chi connectivity index (χ2n) is 8.49. The predicted molar refractivity (Wildman–Crippen MR) is 142 cm³/mol. The molecule has 0 saturated heterocycles. The van der Waals surface area contributed by atoms with Crippen LogP contribution in [0.5, 0.6) is 0 Å². The molecule has 0 aliphatic heterocycles. The van der Waals surface area contributed by atoms with Crippen LogP contribution in [0.3, 0.4) is 0 Å². The number of para-hydroxylation sites is 1. The number of nitriles is 1. The van der Waals surface area contributed by atoms with E-state index in [9.17, 15) is 0 Å². The van der Waals surface area contributed by atoms with E-state index in [2.05, 4.69) is 71.9 Å². The molecular weight excluding hydrogens is 438 g/mol. The van der Waals surface area contributed by atoms with Crippen molar-refractivity contribution in [2.45, 2.75) is 25.7 Å². The summed E-state index contributed by atoms with van der Waals surface area (Å²) in [5.74, 6) is 0. The fourth-order valence-corrected chi connectivity index (χ4v) is 4.56. The van der Waals surface area contributed by atoms with E-state index in [1.807, 2.05) is 30.3 Å². The molecule has 0 saturated carbocycles. The third-order valence-corrected chi connectivity index (χ3v) is 6.33. The molecule has 0 spiro atoms. The zero-order valence-electron chi connectivity index (χ0n) is 18.8. The van der Waals surface area contributed by atoms with Gasteiger partial charge in [0.1, 0.15) is 0 Å². The van der Waals surface area contributed by atoms with Crippen molar-refractivity contribution in [3.63, 3.8) is 0 Å². The number of unbranched alkanes of at least 4 members (excludes halogenated alkanes) is 1. The Bertz CT molecular complexity index is 1540. The Balaban J connectivity index is 1.35. The maximum Gasteiger partial charge on any atom is 0.0724 e. The van der Waals surface area contributed by atoms with Crippen molar-refractivity contribution in [3.8, 4) is 6.07 Å². The smallest absolute Gasteiger partial charge is 0.0724 e. The summed E-state index contributed by atoms with van der Waals surface area (Å²) in [6.07, 6.45) is 9.51. The highest BCUT2D eigenvalue weighted by atomic mass is 35.5. The van der Waals surface area contributed by atoms with Crippen LogP contribution < -0.4 is 0 Å². The van der Waals surface area contributed by atoms with Crippen LogP contribution in [0.4, 0.5) is 0 Å². The minimum atomic E-state index is 0.590. The van der Waals surface area contributed by atoms with Crippen LogP contribution in [0, 0.1) is 11.3 Å². The van der Waals surface area contributed by atoms with Crippen molar-refractivity contribution in [1.29, 1.82) is 5.26 Å². The topological polar surface area (TPSA) is 52.5 Å². The fourth-order valence-electron chi connectivity index (χ4n) is 4.39. The van der Waals surface area contributed by atoms with Crippen molar-refractivity contribution in [1.82, 2.24) is 9.97 Å². The second-order valence-corrected chi connectivity index (χ2v) is 8.93. The van der Waals surface area contributed by atoms with E-state index in [1.165, 1.54) is 27.6 Å². The molecule has 0 aliphatic rings. The van der Waals surface area contributed by atoms with E-state index < -0.39 is 0 Å². The minimum Gasteiger partial charge on any atom is -0.361 e. The molecule has 0 atom stereocenters. The monoisotopic (exact) mass is 461 g/mol. The summed E-state index contributed by atoms with van der Waals surface area (Å²) in [4.78, 5) is 8.18. The van der Waals surface area contributed by atoms with E-state index in [1.54, 1.807) is 0 Å². The number of hydrogen-bond donors (Lipinski definition) is 1. The number of nitrogens with one attached hydrogen (secondary N) is 1. The zero-order valence-corrected chi connectivity index (χ0v) is 19.5. The quantitative estimate of drug-likeness (QED) is 0.250. The largest absolute Gasteiger partial charge is 0.361 e. The number of hydrogen-bond acceptors (Lipinski definition) is 2. The Hall–Kier alpha value is -3.87. The molecule has 0 aliphatic carbocycles. The van der Waals surface area contributed by atoms with Gasteiger partial charge in [-0.15, -0.1) is 0 Å². The molecular formula is C30H24ClN3. The normalized spacial score (nSPS) is 11.4. The van der Waals surface area contributed by atoms with Crippen molar-refractivity contribution < 1.29 is 0 Å². The molecule has 3 nitrogen and oxygen atoms in total. The lowest BCUT2D eigenvalue weighted by atomic mass is 9.99. The molecule has 5 aromatic rings. The molecule has 0 amide bonds. The molecule has 34 heavy (non-hydrogen) atoms. The van der Waals surface area contributed by atoms with Crippen LogP contribution in [0.2, 0.25) is 5.02 Å². The van der Waals surface area contributed by atoms with Gasteiger partial charge in [0.25, 0.3) is 0 Å². The average Bonchev–Trinajstić information content (AvgIpc) is 3.26. The molecule has 2 aromatic heterocycles. The lowest BCUT2D eigenvalue weighted by molar-refractivity contribution is 0.854. The number of H-pyrrole nitrogens is 1. The van der Waals surface area contributed by atoms with Crippen molar-refractivity contribution in [2.75, 3.05) is 0 Å². The van der Waals surface area contributed by atoms with Gasteiger partial charge in [0.05, 0.1) is 17.3 Å². The van der Waals surface area contributed by atoms with E-state index in [0.29, 0.717) is 11.4 Å². The van der Waals surface area contributed by atoms with Crippen LogP contribution in [-0.4, -0.2) is 9.97 Å². The number of aromatic amines is 1. The minimum absolute atomic E-state index is 0.590. The standard InChI is InChI=1S/C30H24ClN3/c31-26-13-11-23-12-15-27(34-29(23)19-26)14-10-21-5-3-6-22(17-21)18-25-20-33-30-24(7-1-2-16-32)8-4-9-28(25)30/h3-6,8-15,17,19-20,33H,1-2,7,18H2. The lowest BCUT2D eigenvalue weighted by Gasteiger charge is -2.05. The Kier molecular flexibility index (Phi) is 6.42. The van der Waals surface area contributed by atoms with Crippen LogP contribution in [0.25, 0.3) is 34.0 Å². The molecule has 4 heteroatoms. The predicted octanol–water partition coefficient (Wildman–Crippen LogP) is 7.98. The Labute approximate surface area is 204 Å². The van der Waals surface area contributed by atoms with Crippen molar-refractivity contribution >= 4 is 45.6 Å². The molecule has 5 rings (SSSR count). The van der Waals surface area contributed by atoms with Gasteiger partial charge in [0, 0.05) is 33.9 Å². The number of nitrogens with zero attached hydrogens (tertiary/aromatic N) is 2. The van der Waals surface area contributed by atoms with Crippen LogP contribution in [0.15, 0.2) is 79.0 Å². The molecule has 1 N–H and O–H groups in total. The van der Waals surface area contributed by atoms with Gasteiger partial charge in [-0.3, -0.25) is 0 Å². The molecule has 0 unspecified atom stereocenters. The highest BCUT2D eigenvalue weighted by Crippen LogP contribution is 2.26. The van der Waals surface area contributed by atoms with Gasteiger partial charge in [-0.05, 0) is 65.8 Å². The highest BCUT2D eigenvalue weighted by molar-refractivity contribution is 6.31. The van der Waals surface area contributed by atoms with Gasteiger partial charge >= 0.3 is 0 Å². The van der Waals surface area contributed by atoms with Crippen LogP contribution >= 0.6 is 11.6 Å². The van der Waals surface area contributed by atoms with E-state index in [0.717, 1.165) is 41.4 Å². The SMILES string of the molecule is N#CCCCc1cccc2c(Cc3cccc(C=Cc4ccc5ccc(Cl)cc5n4)c3)c[nH]c12. The highest BCUT2D eigenvalue weighted by Gasteiger charge is 2.08. The number of halogens is 1. The van der Waals surface area contributed by atoms with Crippen molar-refractivity contribution in [3.05, 3.63) is 112 Å². The van der Waals surface area contributed by atoms with Gasteiger partial charge in [0.2, 0.25) is 0 Å². The first kappa shape index (κ1) is 21.9.